The van der Waals surface area contributed by atoms with Crippen molar-refractivity contribution in [3.05, 3.63) is 12.7 Å². The van der Waals surface area contributed by atoms with Crippen molar-refractivity contribution in [3.8, 4) is 0 Å². The lowest BCUT2D eigenvalue weighted by Crippen LogP contribution is -2.18. The van der Waals surface area contributed by atoms with Crippen LogP contribution in [-0.4, -0.2) is 23.3 Å². The number of aliphatic hydroxyl groups is 1. The van der Waals surface area contributed by atoms with Gasteiger partial charge in [-0.15, -0.1) is 0 Å². The molecule has 0 aromatic carbocycles. The predicted octanol–water partition coefficient (Wildman–Crippen LogP) is 0.239. The van der Waals surface area contributed by atoms with E-state index in [0.717, 1.165) is 0 Å². The summed E-state index contributed by atoms with van der Waals surface area (Å²) in [5, 5.41) is 8.84. The molecule has 56 valence electrons. The van der Waals surface area contributed by atoms with Crippen molar-refractivity contribution in [1.82, 2.24) is 0 Å². The summed E-state index contributed by atoms with van der Waals surface area (Å²) in [6.45, 7) is 3.32. The van der Waals surface area contributed by atoms with Crippen molar-refractivity contribution < 1.29 is 14.6 Å². The number of hydrogen-bond acceptors (Lipinski definition) is 3. The van der Waals surface area contributed by atoms with Crippen LogP contribution in [0.15, 0.2) is 12.7 Å². The molecule has 2 unspecified atom stereocenters. The molecule has 0 saturated carbocycles. The maximum absolute atomic E-state index is 10.8. The fourth-order valence-corrected chi connectivity index (χ4v) is 0.960. The second-order valence-electron chi connectivity index (χ2n) is 2.26. The zero-order valence-corrected chi connectivity index (χ0v) is 5.62. The van der Waals surface area contributed by atoms with E-state index in [0.29, 0.717) is 12.8 Å². The first-order valence-electron chi connectivity index (χ1n) is 3.24. The van der Waals surface area contributed by atoms with Gasteiger partial charge in [0.25, 0.3) is 0 Å². The standard InChI is InChI=1S/C7H10O3/c1-2-5(8)6-3-4-7(9)10-6/h2,6-7,9H,1,3-4H2. The SMILES string of the molecule is C=CC(=O)C1CCC(O)O1. The lowest BCUT2D eigenvalue weighted by molar-refractivity contribution is -0.136. The molecule has 3 nitrogen and oxygen atoms in total. The Kier molecular flexibility index (Phi) is 2.19. The minimum absolute atomic E-state index is 0.142. The first-order chi connectivity index (χ1) is 4.74. The molecule has 1 aliphatic heterocycles. The Bertz CT molecular complexity index is 153. The third-order valence-electron chi connectivity index (χ3n) is 1.52. The largest absolute Gasteiger partial charge is 0.368 e. The Morgan fingerprint density at radius 3 is 2.80 bits per heavy atom. The number of rotatable bonds is 2. The van der Waals surface area contributed by atoms with E-state index >= 15 is 0 Å². The van der Waals surface area contributed by atoms with E-state index in [4.69, 9.17) is 9.84 Å². The van der Waals surface area contributed by atoms with E-state index in [-0.39, 0.29) is 5.78 Å². The molecule has 0 aliphatic carbocycles. The van der Waals surface area contributed by atoms with E-state index in [1.54, 1.807) is 0 Å². The summed E-state index contributed by atoms with van der Waals surface area (Å²) >= 11 is 0. The smallest absolute Gasteiger partial charge is 0.183 e. The summed E-state index contributed by atoms with van der Waals surface area (Å²) in [5.74, 6) is -0.142. The quantitative estimate of drug-likeness (QED) is 0.562. The highest BCUT2D eigenvalue weighted by atomic mass is 16.6. The highest BCUT2D eigenvalue weighted by molar-refractivity contribution is 5.93. The molecule has 1 N–H and O–H groups in total. The van der Waals surface area contributed by atoms with Crippen LogP contribution in [0.25, 0.3) is 0 Å². The molecule has 0 aromatic rings. The van der Waals surface area contributed by atoms with Crippen LogP contribution in [0, 0.1) is 0 Å². The maximum Gasteiger partial charge on any atom is 0.183 e. The number of carbonyl (C=O) groups is 1. The molecule has 0 spiro atoms. The topological polar surface area (TPSA) is 46.5 Å². The molecule has 3 heteroatoms. The average molecular weight is 142 g/mol. The van der Waals surface area contributed by atoms with Crippen LogP contribution in [0.3, 0.4) is 0 Å². The Balaban J connectivity index is 2.44. The number of carbonyl (C=O) groups excluding carboxylic acids is 1. The summed E-state index contributed by atoms with van der Waals surface area (Å²) in [6, 6.07) is 0. The number of aliphatic hydroxyl groups excluding tert-OH is 1. The molecule has 2 atom stereocenters. The first kappa shape index (κ1) is 7.44. The van der Waals surface area contributed by atoms with Gasteiger partial charge in [-0.3, -0.25) is 4.79 Å². The lowest BCUT2D eigenvalue weighted by Gasteiger charge is -2.04. The molecule has 0 aromatic heterocycles. The van der Waals surface area contributed by atoms with Crippen molar-refractivity contribution in [1.29, 1.82) is 0 Å². The van der Waals surface area contributed by atoms with E-state index in [1.165, 1.54) is 6.08 Å². The van der Waals surface area contributed by atoms with Gasteiger partial charge in [0.1, 0.15) is 6.10 Å². The van der Waals surface area contributed by atoms with Crippen molar-refractivity contribution >= 4 is 5.78 Å². The van der Waals surface area contributed by atoms with Gasteiger partial charge in [-0.25, -0.2) is 0 Å². The second kappa shape index (κ2) is 2.94. The van der Waals surface area contributed by atoms with Crippen LogP contribution in [0.4, 0.5) is 0 Å². The van der Waals surface area contributed by atoms with Crippen molar-refractivity contribution in [2.24, 2.45) is 0 Å². The van der Waals surface area contributed by atoms with Gasteiger partial charge < -0.3 is 9.84 Å². The summed E-state index contributed by atoms with van der Waals surface area (Å²) in [5.41, 5.74) is 0. The van der Waals surface area contributed by atoms with Crippen LogP contribution < -0.4 is 0 Å². The maximum atomic E-state index is 10.8. The van der Waals surface area contributed by atoms with Crippen LogP contribution in [-0.2, 0) is 9.53 Å². The summed E-state index contributed by atoms with van der Waals surface area (Å²) in [7, 11) is 0. The van der Waals surface area contributed by atoms with Gasteiger partial charge in [0.15, 0.2) is 12.1 Å². The zero-order valence-electron chi connectivity index (χ0n) is 5.62. The van der Waals surface area contributed by atoms with Crippen molar-refractivity contribution in [2.75, 3.05) is 0 Å². The van der Waals surface area contributed by atoms with Crippen LogP contribution in [0.2, 0.25) is 0 Å². The summed E-state index contributed by atoms with van der Waals surface area (Å²) in [6.07, 6.45) is 1.17. The van der Waals surface area contributed by atoms with Crippen molar-refractivity contribution in [3.63, 3.8) is 0 Å². The zero-order chi connectivity index (χ0) is 7.56. The van der Waals surface area contributed by atoms with Crippen molar-refractivity contribution in [2.45, 2.75) is 25.2 Å². The van der Waals surface area contributed by atoms with Crippen LogP contribution >= 0.6 is 0 Å². The minimum Gasteiger partial charge on any atom is -0.368 e. The molecule has 1 fully saturated rings. The second-order valence-corrected chi connectivity index (χ2v) is 2.26. The van der Waals surface area contributed by atoms with Gasteiger partial charge in [0.2, 0.25) is 0 Å². The highest BCUT2D eigenvalue weighted by Crippen LogP contribution is 2.18. The van der Waals surface area contributed by atoms with E-state index in [1.807, 2.05) is 0 Å². The monoisotopic (exact) mass is 142 g/mol. The number of hydrogen-bond donors (Lipinski definition) is 1. The molecule has 10 heavy (non-hydrogen) atoms. The lowest BCUT2D eigenvalue weighted by atomic mass is 10.1. The normalized spacial score (nSPS) is 32.1. The minimum atomic E-state index is -0.756. The molecule has 1 rings (SSSR count). The Labute approximate surface area is 59.3 Å². The van der Waals surface area contributed by atoms with Gasteiger partial charge in [-0.1, -0.05) is 6.58 Å². The molecule has 0 bridgehead atoms. The first-order valence-corrected chi connectivity index (χ1v) is 3.24. The highest BCUT2D eigenvalue weighted by Gasteiger charge is 2.27. The molecule has 1 saturated heterocycles. The van der Waals surface area contributed by atoms with Gasteiger partial charge in [0.05, 0.1) is 0 Å². The van der Waals surface area contributed by atoms with Gasteiger partial charge in [0, 0.05) is 6.42 Å². The summed E-state index contributed by atoms with van der Waals surface area (Å²) in [4.78, 5) is 10.8. The fraction of sp³-hybridized carbons (Fsp3) is 0.571. The molecule has 1 heterocycles. The van der Waals surface area contributed by atoms with Crippen LogP contribution in [0.1, 0.15) is 12.8 Å². The number of ether oxygens (including phenoxy) is 1. The third kappa shape index (κ3) is 1.43. The molecular formula is C7H10O3. The molecule has 1 aliphatic rings. The van der Waals surface area contributed by atoms with Gasteiger partial charge in [-0.2, -0.15) is 0 Å². The Hall–Kier alpha value is -0.670. The van der Waals surface area contributed by atoms with E-state index in [9.17, 15) is 4.79 Å². The molecule has 0 radical (unpaired) electrons. The molecule has 0 amide bonds. The predicted molar refractivity (Wildman–Crippen MR) is 35.3 cm³/mol. The molecular weight excluding hydrogens is 132 g/mol. The third-order valence-corrected chi connectivity index (χ3v) is 1.52. The number of ketones is 1. The Morgan fingerprint density at radius 2 is 2.40 bits per heavy atom. The summed E-state index contributed by atoms with van der Waals surface area (Å²) < 4.78 is 4.85. The average Bonchev–Trinajstić information content (AvgIpc) is 2.34. The van der Waals surface area contributed by atoms with Crippen LogP contribution in [0.5, 0.6) is 0 Å². The van der Waals surface area contributed by atoms with E-state index in [2.05, 4.69) is 6.58 Å². The Morgan fingerprint density at radius 1 is 1.70 bits per heavy atom. The van der Waals surface area contributed by atoms with Gasteiger partial charge >= 0.3 is 0 Å². The van der Waals surface area contributed by atoms with E-state index < -0.39 is 12.4 Å². The van der Waals surface area contributed by atoms with Gasteiger partial charge in [-0.05, 0) is 12.5 Å². The fourth-order valence-electron chi connectivity index (χ4n) is 0.960.